The van der Waals surface area contributed by atoms with Gasteiger partial charge in [-0.2, -0.15) is 0 Å². The lowest BCUT2D eigenvalue weighted by Gasteiger charge is -2.10. The Balaban J connectivity index is 2.31. The first-order chi connectivity index (χ1) is 9.54. The second kappa shape index (κ2) is 5.57. The van der Waals surface area contributed by atoms with E-state index in [0.717, 1.165) is 6.07 Å². The van der Waals surface area contributed by atoms with Gasteiger partial charge in [0.1, 0.15) is 0 Å². The number of anilines is 2. The zero-order valence-electron chi connectivity index (χ0n) is 9.95. The third kappa shape index (κ3) is 2.54. The number of halogens is 3. The van der Waals surface area contributed by atoms with Crippen LogP contribution in [0.25, 0.3) is 0 Å². The molecule has 1 aromatic carbocycles. The third-order valence-electron chi connectivity index (χ3n) is 2.50. The second-order valence-electron chi connectivity index (χ2n) is 3.74. The van der Waals surface area contributed by atoms with Crippen molar-refractivity contribution in [3.8, 4) is 0 Å². The molecule has 8 heteroatoms. The predicted octanol–water partition coefficient (Wildman–Crippen LogP) is 2.04. The molecule has 0 saturated heterocycles. The Bertz CT molecular complexity index is 663. The highest BCUT2D eigenvalue weighted by atomic mass is 19.2. The van der Waals surface area contributed by atoms with Crippen molar-refractivity contribution in [2.24, 2.45) is 5.84 Å². The molecule has 20 heavy (non-hydrogen) atoms. The summed E-state index contributed by atoms with van der Waals surface area (Å²) in [7, 11) is 0. The van der Waals surface area contributed by atoms with Crippen LogP contribution in [-0.4, -0.2) is 10.9 Å². The fourth-order valence-electron chi connectivity index (χ4n) is 1.52. The maximum Gasteiger partial charge on any atom is 0.258 e. The number of pyridine rings is 1. The molecule has 0 aliphatic heterocycles. The molecule has 2 aromatic rings. The van der Waals surface area contributed by atoms with Crippen molar-refractivity contribution in [3.05, 3.63) is 53.6 Å². The van der Waals surface area contributed by atoms with Gasteiger partial charge in [-0.1, -0.05) is 0 Å². The highest BCUT2D eigenvalue weighted by Gasteiger charge is 2.17. The number of hydrogen-bond donors (Lipinski definition) is 3. The number of nitrogen functional groups attached to an aromatic ring is 1. The fraction of sp³-hybridized carbons (Fsp3) is 0. The van der Waals surface area contributed by atoms with E-state index in [9.17, 15) is 18.0 Å². The van der Waals surface area contributed by atoms with Gasteiger partial charge >= 0.3 is 0 Å². The first-order valence-electron chi connectivity index (χ1n) is 5.40. The van der Waals surface area contributed by atoms with Crippen LogP contribution in [0.3, 0.4) is 0 Å². The molecule has 0 aliphatic rings. The van der Waals surface area contributed by atoms with Crippen molar-refractivity contribution in [1.29, 1.82) is 0 Å². The topological polar surface area (TPSA) is 80.0 Å². The van der Waals surface area contributed by atoms with Crippen molar-refractivity contribution < 1.29 is 18.0 Å². The monoisotopic (exact) mass is 282 g/mol. The van der Waals surface area contributed by atoms with Gasteiger partial charge in [0.25, 0.3) is 5.91 Å². The Kier molecular flexibility index (Phi) is 3.85. The standard InChI is InChI=1S/C12H9F3N4O/c13-7-1-2-8(11(15)10(7)14)18-12(20)6-3-4-17-5-9(6)19-16/h1-5,19H,16H2,(H,18,20). The summed E-state index contributed by atoms with van der Waals surface area (Å²) in [5, 5.41) is 2.13. The zero-order valence-corrected chi connectivity index (χ0v) is 9.95. The van der Waals surface area contributed by atoms with Crippen LogP contribution in [0, 0.1) is 17.5 Å². The van der Waals surface area contributed by atoms with Gasteiger partial charge in [-0.25, -0.2) is 13.2 Å². The Morgan fingerprint density at radius 2 is 1.85 bits per heavy atom. The van der Waals surface area contributed by atoms with Crippen LogP contribution in [0.2, 0.25) is 0 Å². The highest BCUT2D eigenvalue weighted by Crippen LogP contribution is 2.21. The molecular weight excluding hydrogens is 273 g/mol. The molecule has 0 aliphatic carbocycles. The van der Waals surface area contributed by atoms with Gasteiger partial charge in [-0.15, -0.1) is 0 Å². The molecule has 2 rings (SSSR count). The van der Waals surface area contributed by atoms with Gasteiger partial charge in [0.2, 0.25) is 0 Å². The van der Waals surface area contributed by atoms with Gasteiger partial charge in [0, 0.05) is 6.20 Å². The number of benzene rings is 1. The summed E-state index contributed by atoms with van der Waals surface area (Å²) in [6.07, 6.45) is 2.62. The summed E-state index contributed by atoms with van der Waals surface area (Å²) >= 11 is 0. The third-order valence-corrected chi connectivity index (χ3v) is 2.50. The van der Waals surface area contributed by atoms with E-state index in [4.69, 9.17) is 5.84 Å². The number of rotatable bonds is 3. The highest BCUT2D eigenvalue weighted by molar-refractivity contribution is 6.07. The van der Waals surface area contributed by atoms with Gasteiger partial charge < -0.3 is 10.7 Å². The number of amides is 1. The van der Waals surface area contributed by atoms with E-state index >= 15 is 0 Å². The van der Waals surface area contributed by atoms with Crippen LogP contribution in [0.4, 0.5) is 24.5 Å². The average Bonchev–Trinajstić information content (AvgIpc) is 2.47. The Morgan fingerprint density at radius 1 is 1.10 bits per heavy atom. The van der Waals surface area contributed by atoms with Gasteiger partial charge in [-0.05, 0) is 18.2 Å². The molecular formula is C12H9F3N4O. The molecule has 1 heterocycles. The number of aromatic nitrogens is 1. The van der Waals surface area contributed by atoms with Crippen LogP contribution in [0.15, 0.2) is 30.6 Å². The smallest absolute Gasteiger partial charge is 0.258 e. The quantitative estimate of drug-likeness (QED) is 0.457. The summed E-state index contributed by atoms with van der Waals surface area (Å²) in [6.45, 7) is 0. The van der Waals surface area contributed by atoms with E-state index in [1.54, 1.807) is 0 Å². The number of hydrogen-bond acceptors (Lipinski definition) is 4. The first-order valence-corrected chi connectivity index (χ1v) is 5.40. The molecule has 104 valence electrons. The molecule has 0 radical (unpaired) electrons. The molecule has 4 N–H and O–H groups in total. The van der Waals surface area contributed by atoms with Crippen molar-refractivity contribution in [3.63, 3.8) is 0 Å². The lowest BCUT2D eigenvalue weighted by atomic mass is 10.2. The maximum atomic E-state index is 13.4. The minimum absolute atomic E-state index is 0.0756. The van der Waals surface area contributed by atoms with E-state index in [0.29, 0.717) is 6.07 Å². The fourth-order valence-corrected chi connectivity index (χ4v) is 1.52. The van der Waals surface area contributed by atoms with Crippen molar-refractivity contribution >= 4 is 17.3 Å². The summed E-state index contributed by atoms with van der Waals surface area (Å²) in [5.74, 6) is -0.0171. The zero-order chi connectivity index (χ0) is 14.7. The predicted molar refractivity (Wildman–Crippen MR) is 66.3 cm³/mol. The van der Waals surface area contributed by atoms with Crippen LogP contribution >= 0.6 is 0 Å². The first kappa shape index (κ1) is 13.8. The molecule has 0 unspecified atom stereocenters. The summed E-state index contributed by atoms with van der Waals surface area (Å²) in [6, 6.07) is 2.97. The average molecular weight is 282 g/mol. The molecule has 0 bridgehead atoms. The number of nitrogens with two attached hydrogens (primary N) is 1. The van der Waals surface area contributed by atoms with E-state index in [-0.39, 0.29) is 11.3 Å². The number of carbonyl (C=O) groups excluding carboxylic acids is 1. The van der Waals surface area contributed by atoms with Gasteiger partial charge in [-0.3, -0.25) is 15.6 Å². The van der Waals surface area contributed by atoms with Crippen LogP contribution in [0.5, 0.6) is 0 Å². The number of nitrogens with one attached hydrogen (secondary N) is 2. The molecule has 1 amide bonds. The summed E-state index contributed by atoms with van der Waals surface area (Å²) in [5.41, 5.74) is 2.05. The summed E-state index contributed by atoms with van der Waals surface area (Å²) < 4.78 is 39.3. The van der Waals surface area contributed by atoms with Crippen molar-refractivity contribution in [1.82, 2.24) is 4.98 Å². The van der Waals surface area contributed by atoms with Crippen molar-refractivity contribution in [2.75, 3.05) is 10.7 Å². The van der Waals surface area contributed by atoms with Crippen LogP contribution in [-0.2, 0) is 0 Å². The lowest BCUT2D eigenvalue weighted by molar-refractivity contribution is 0.102. The lowest BCUT2D eigenvalue weighted by Crippen LogP contribution is -2.18. The van der Waals surface area contributed by atoms with Crippen LogP contribution < -0.4 is 16.6 Å². The SMILES string of the molecule is NNc1cnccc1C(=O)Nc1ccc(F)c(F)c1F. The number of nitrogens with zero attached hydrogens (tertiary/aromatic N) is 1. The molecule has 0 spiro atoms. The molecule has 1 aromatic heterocycles. The van der Waals surface area contributed by atoms with E-state index in [2.05, 4.69) is 15.7 Å². The van der Waals surface area contributed by atoms with E-state index in [1.807, 2.05) is 0 Å². The second-order valence-corrected chi connectivity index (χ2v) is 3.74. The van der Waals surface area contributed by atoms with E-state index < -0.39 is 29.0 Å². The Hall–Kier alpha value is -2.61. The molecule has 0 atom stereocenters. The normalized spacial score (nSPS) is 10.2. The van der Waals surface area contributed by atoms with Crippen LogP contribution in [0.1, 0.15) is 10.4 Å². The maximum absolute atomic E-state index is 13.4. The number of carbonyl (C=O) groups is 1. The van der Waals surface area contributed by atoms with Crippen molar-refractivity contribution in [2.45, 2.75) is 0 Å². The van der Waals surface area contributed by atoms with E-state index in [1.165, 1.54) is 18.5 Å². The molecule has 0 saturated carbocycles. The molecule has 5 nitrogen and oxygen atoms in total. The Morgan fingerprint density at radius 3 is 2.55 bits per heavy atom. The summed E-state index contributed by atoms with van der Waals surface area (Å²) in [4.78, 5) is 15.7. The Labute approximate surface area is 111 Å². The largest absolute Gasteiger partial charge is 0.322 e. The molecule has 0 fully saturated rings. The minimum Gasteiger partial charge on any atom is -0.322 e. The van der Waals surface area contributed by atoms with Gasteiger partial charge in [0.05, 0.1) is 23.1 Å². The minimum atomic E-state index is -1.66. The van der Waals surface area contributed by atoms with Gasteiger partial charge in [0.15, 0.2) is 17.5 Å². The number of hydrazine groups is 1.